The predicted octanol–water partition coefficient (Wildman–Crippen LogP) is 3.65. The Balaban J connectivity index is 1.34. The van der Waals surface area contributed by atoms with E-state index in [1.165, 1.54) is 0 Å². The van der Waals surface area contributed by atoms with Gasteiger partial charge in [-0.1, -0.05) is 35.4 Å². The number of carbonyl (C=O) groups is 2. The Morgan fingerprint density at radius 1 is 0.971 bits per heavy atom. The summed E-state index contributed by atoms with van der Waals surface area (Å²) in [5.41, 5.74) is 2.96. The Morgan fingerprint density at radius 3 is 2.31 bits per heavy atom. The second-order valence-electron chi connectivity index (χ2n) is 8.52. The molecule has 4 aromatic rings. The van der Waals surface area contributed by atoms with Crippen LogP contribution >= 0.6 is 0 Å². The van der Waals surface area contributed by atoms with Crippen LogP contribution in [0.4, 0.5) is 0 Å². The van der Waals surface area contributed by atoms with Crippen molar-refractivity contribution in [3.63, 3.8) is 0 Å². The first-order valence-electron chi connectivity index (χ1n) is 11.3. The SMILES string of the molecule is Cc1ccc(C(=O)OC[C@@H]2O[C@@H](c3nnc4ncccn34)C[C@H]2OC(=O)c2ccc(C)cc2)cc1. The quantitative estimate of drug-likeness (QED) is 0.392. The standard InChI is InChI=1S/C26H24N4O5/c1-16-4-8-18(9-5-16)24(31)33-15-22-20(35-25(32)19-10-6-17(2)7-11-19)14-21(34-22)23-28-29-26-27-12-3-13-30(23)26/h3-13,20-22H,14-15H2,1-2H3/t20-,21-,22+/m1/s1. The lowest BCUT2D eigenvalue weighted by atomic mass is 10.1. The van der Waals surface area contributed by atoms with E-state index in [1.807, 2.05) is 38.1 Å². The van der Waals surface area contributed by atoms with Crippen molar-refractivity contribution in [2.75, 3.05) is 6.61 Å². The Hall–Kier alpha value is -4.11. The molecule has 3 atom stereocenters. The zero-order valence-electron chi connectivity index (χ0n) is 19.3. The summed E-state index contributed by atoms with van der Waals surface area (Å²) in [5.74, 6) is 0.0325. The number of benzene rings is 2. The predicted molar refractivity (Wildman–Crippen MR) is 125 cm³/mol. The topological polar surface area (TPSA) is 105 Å². The van der Waals surface area contributed by atoms with Crippen LogP contribution in [0.3, 0.4) is 0 Å². The third kappa shape index (κ3) is 4.90. The fourth-order valence-electron chi connectivity index (χ4n) is 3.96. The number of rotatable bonds is 6. The third-order valence-corrected chi connectivity index (χ3v) is 5.92. The lowest BCUT2D eigenvalue weighted by molar-refractivity contribution is -0.0441. The van der Waals surface area contributed by atoms with Crippen LogP contribution in [-0.4, -0.2) is 50.3 Å². The average Bonchev–Trinajstić information content (AvgIpc) is 3.47. The van der Waals surface area contributed by atoms with Crippen molar-refractivity contribution >= 4 is 17.7 Å². The molecule has 35 heavy (non-hydrogen) atoms. The Labute approximate surface area is 201 Å². The molecule has 2 aromatic carbocycles. The van der Waals surface area contributed by atoms with Gasteiger partial charge in [-0.25, -0.2) is 14.6 Å². The Kier molecular flexibility index (Phi) is 6.24. The van der Waals surface area contributed by atoms with Gasteiger partial charge in [0.15, 0.2) is 5.82 Å². The van der Waals surface area contributed by atoms with E-state index in [0.29, 0.717) is 29.1 Å². The van der Waals surface area contributed by atoms with Crippen molar-refractivity contribution in [2.24, 2.45) is 0 Å². The van der Waals surface area contributed by atoms with E-state index in [4.69, 9.17) is 14.2 Å². The molecular formula is C26H24N4O5. The third-order valence-electron chi connectivity index (χ3n) is 5.92. The molecule has 0 saturated carbocycles. The first kappa shape index (κ1) is 22.7. The van der Waals surface area contributed by atoms with Crippen LogP contribution in [0.25, 0.3) is 5.78 Å². The molecule has 3 heterocycles. The fourth-order valence-corrected chi connectivity index (χ4v) is 3.96. The van der Waals surface area contributed by atoms with Gasteiger partial charge in [-0.3, -0.25) is 4.40 Å². The van der Waals surface area contributed by atoms with Gasteiger partial charge in [0.25, 0.3) is 5.78 Å². The highest BCUT2D eigenvalue weighted by Gasteiger charge is 2.41. The minimum Gasteiger partial charge on any atom is -0.459 e. The minimum absolute atomic E-state index is 0.0793. The number of carbonyl (C=O) groups excluding carboxylic acids is 2. The first-order valence-corrected chi connectivity index (χ1v) is 11.3. The minimum atomic E-state index is -0.673. The second-order valence-corrected chi connectivity index (χ2v) is 8.52. The normalized spacial score (nSPS) is 19.5. The number of nitrogens with zero attached hydrogens (tertiary/aromatic N) is 4. The van der Waals surface area contributed by atoms with Crippen LogP contribution in [0.5, 0.6) is 0 Å². The highest BCUT2D eigenvalue weighted by molar-refractivity contribution is 5.90. The summed E-state index contributed by atoms with van der Waals surface area (Å²) >= 11 is 0. The lowest BCUT2D eigenvalue weighted by Crippen LogP contribution is -2.32. The van der Waals surface area contributed by atoms with Crippen LogP contribution in [-0.2, 0) is 14.2 Å². The van der Waals surface area contributed by atoms with E-state index in [0.717, 1.165) is 11.1 Å². The molecule has 1 aliphatic rings. The summed E-state index contributed by atoms with van der Waals surface area (Å²) in [5, 5.41) is 8.30. The molecule has 9 nitrogen and oxygen atoms in total. The van der Waals surface area contributed by atoms with Crippen LogP contribution in [0, 0.1) is 13.8 Å². The van der Waals surface area contributed by atoms with E-state index in [-0.39, 0.29) is 6.61 Å². The van der Waals surface area contributed by atoms with Crippen LogP contribution < -0.4 is 0 Å². The van der Waals surface area contributed by atoms with Gasteiger partial charge in [0.2, 0.25) is 0 Å². The van der Waals surface area contributed by atoms with Crippen LogP contribution in [0.2, 0.25) is 0 Å². The largest absolute Gasteiger partial charge is 0.459 e. The molecule has 2 aromatic heterocycles. The van der Waals surface area contributed by atoms with E-state index >= 15 is 0 Å². The van der Waals surface area contributed by atoms with E-state index in [2.05, 4.69) is 15.2 Å². The maximum Gasteiger partial charge on any atom is 0.338 e. The first-order chi connectivity index (χ1) is 17.0. The number of aryl methyl sites for hydroxylation is 2. The van der Waals surface area contributed by atoms with Crippen molar-refractivity contribution < 1.29 is 23.8 Å². The molecule has 0 amide bonds. The highest BCUT2D eigenvalue weighted by atomic mass is 16.6. The van der Waals surface area contributed by atoms with Crippen LogP contribution in [0.1, 0.15) is 50.2 Å². The number of aromatic nitrogens is 4. The molecule has 0 aliphatic carbocycles. The number of esters is 2. The summed E-state index contributed by atoms with van der Waals surface area (Å²) in [6.45, 7) is 3.81. The summed E-state index contributed by atoms with van der Waals surface area (Å²) in [4.78, 5) is 29.6. The second kappa shape index (κ2) is 9.63. The summed E-state index contributed by atoms with van der Waals surface area (Å²) < 4.78 is 19.3. The number of ether oxygens (including phenoxy) is 3. The highest BCUT2D eigenvalue weighted by Crippen LogP contribution is 2.34. The number of hydrogen-bond donors (Lipinski definition) is 0. The summed E-state index contributed by atoms with van der Waals surface area (Å²) in [6, 6.07) is 16.0. The molecule has 1 saturated heterocycles. The molecule has 1 fully saturated rings. The average molecular weight is 473 g/mol. The van der Waals surface area contributed by atoms with Crippen molar-refractivity contribution in [1.82, 2.24) is 19.6 Å². The van der Waals surface area contributed by atoms with Crippen molar-refractivity contribution in [3.05, 3.63) is 95.1 Å². The van der Waals surface area contributed by atoms with Gasteiger partial charge < -0.3 is 14.2 Å². The van der Waals surface area contributed by atoms with Crippen molar-refractivity contribution in [2.45, 2.75) is 38.6 Å². The maximum absolute atomic E-state index is 12.8. The number of fused-ring (bicyclic) bond motifs is 1. The van der Waals surface area contributed by atoms with E-state index in [1.54, 1.807) is 47.1 Å². The van der Waals surface area contributed by atoms with Gasteiger partial charge >= 0.3 is 11.9 Å². The van der Waals surface area contributed by atoms with E-state index < -0.39 is 30.3 Å². The molecule has 0 spiro atoms. The van der Waals surface area contributed by atoms with Gasteiger partial charge in [-0.2, -0.15) is 0 Å². The fraction of sp³-hybridized carbons (Fsp3) is 0.269. The summed E-state index contributed by atoms with van der Waals surface area (Å²) in [7, 11) is 0. The van der Waals surface area contributed by atoms with Gasteiger partial charge in [0, 0.05) is 18.8 Å². The molecule has 0 radical (unpaired) electrons. The van der Waals surface area contributed by atoms with Crippen molar-refractivity contribution in [1.29, 1.82) is 0 Å². The zero-order valence-corrected chi connectivity index (χ0v) is 19.3. The lowest BCUT2D eigenvalue weighted by Gasteiger charge is -2.19. The molecule has 178 valence electrons. The Bertz CT molecular complexity index is 1350. The van der Waals surface area contributed by atoms with Gasteiger partial charge in [-0.15, -0.1) is 10.2 Å². The molecule has 1 aliphatic heterocycles. The van der Waals surface area contributed by atoms with Gasteiger partial charge in [-0.05, 0) is 44.2 Å². The van der Waals surface area contributed by atoms with Gasteiger partial charge in [0.1, 0.15) is 24.9 Å². The molecule has 0 bridgehead atoms. The molecule has 9 heteroatoms. The maximum atomic E-state index is 12.8. The zero-order chi connectivity index (χ0) is 24.4. The smallest absolute Gasteiger partial charge is 0.338 e. The van der Waals surface area contributed by atoms with Crippen LogP contribution in [0.15, 0.2) is 67.0 Å². The molecular weight excluding hydrogens is 448 g/mol. The van der Waals surface area contributed by atoms with E-state index in [9.17, 15) is 9.59 Å². The van der Waals surface area contributed by atoms with Crippen molar-refractivity contribution in [3.8, 4) is 0 Å². The van der Waals surface area contributed by atoms with Gasteiger partial charge in [0.05, 0.1) is 11.1 Å². The monoisotopic (exact) mass is 472 g/mol. The molecule has 0 unspecified atom stereocenters. The molecule has 0 N–H and O–H groups in total. The summed E-state index contributed by atoms with van der Waals surface area (Å²) in [6.07, 6.45) is 1.91. The number of hydrogen-bond acceptors (Lipinski definition) is 8. The molecule has 5 rings (SSSR count). The Morgan fingerprint density at radius 2 is 1.63 bits per heavy atom.